The number of hydrogen-bond donors (Lipinski definition) is 2. The number of nitrogens with zero attached hydrogens (tertiary/aromatic N) is 1. The van der Waals surface area contributed by atoms with Gasteiger partial charge >= 0.3 is 5.97 Å². The summed E-state index contributed by atoms with van der Waals surface area (Å²) in [7, 11) is 0. The quantitative estimate of drug-likeness (QED) is 0.735. The lowest BCUT2D eigenvalue weighted by Crippen LogP contribution is -2.33. The van der Waals surface area contributed by atoms with Crippen LogP contribution in [-0.2, 0) is 9.53 Å². The minimum Gasteiger partial charge on any atom is -0.478 e. The summed E-state index contributed by atoms with van der Waals surface area (Å²) in [4.78, 5) is 26.5. The lowest BCUT2D eigenvalue weighted by atomic mass is 10.1. The van der Waals surface area contributed by atoms with E-state index in [1.165, 1.54) is 12.3 Å². The number of ether oxygens (including phenoxy) is 1. The summed E-state index contributed by atoms with van der Waals surface area (Å²) in [5.74, 6) is -1.44. The van der Waals surface area contributed by atoms with Crippen LogP contribution in [-0.4, -0.2) is 41.2 Å². The van der Waals surface area contributed by atoms with Gasteiger partial charge in [0.25, 0.3) is 5.91 Å². The molecule has 0 fully saturated rings. The van der Waals surface area contributed by atoms with Crippen LogP contribution in [0.25, 0.3) is 6.08 Å². The molecule has 1 unspecified atom stereocenters. The van der Waals surface area contributed by atoms with Crippen molar-refractivity contribution in [3.8, 4) is 0 Å². The largest absolute Gasteiger partial charge is 0.478 e. The molecule has 0 saturated heterocycles. The fourth-order valence-corrected chi connectivity index (χ4v) is 1.57. The van der Waals surface area contributed by atoms with Gasteiger partial charge in [-0.3, -0.25) is 9.78 Å². The molecule has 1 amide bonds. The first-order valence-corrected chi connectivity index (χ1v) is 6.30. The Hall–Kier alpha value is -2.21. The van der Waals surface area contributed by atoms with Crippen molar-refractivity contribution >= 4 is 18.0 Å². The number of carboxylic acids is 1. The van der Waals surface area contributed by atoms with Crippen molar-refractivity contribution in [1.82, 2.24) is 10.3 Å². The van der Waals surface area contributed by atoms with E-state index in [0.29, 0.717) is 18.7 Å². The second kappa shape index (κ2) is 8.06. The Labute approximate surface area is 117 Å². The molecule has 108 valence electrons. The number of aromatic nitrogens is 1. The maximum Gasteiger partial charge on any atom is 0.328 e. The smallest absolute Gasteiger partial charge is 0.328 e. The normalized spacial score (nSPS) is 12.3. The molecule has 1 aromatic heterocycles. The van der Waals surface area contributed by atoms with Crippen LogP contribution in [0.15, 0.2) is 24.4 Å². The van der Waals surface area contributed by atoms with Crippen molar-refractivity contribution in [1.29, 1.82) is 0 Å². The Morgan fingerprint density at radius 2 is 2.30 bits per heavy atom. The molecule has 6 nitrogen and oxygen atoms in total. The predicted molar refractivity (Wildman–Crippen MR) is 74.3 cm³/mol. The first-order chi connectivity index (χ1) is 9.54. The van der Waals surface area contributed by atoms with E-state index in [1.807, 2.05) is 13.8 Å². The molecule has 0 aliphatic heterocycles. The molecule has 2 N–H and O–H groups in total. The molecule has 20 heavy (non-hydrogen) atoms. The van der Waals surface area contributed by atoms with E-state index in [9.17, 15) is 9.59 Å². The second-order valence-electron chi connectivity index (χ2n) is 4.09. The molecule has 6 heteroatoms. The van der Waals surface area contributed by atoms with Crippen LogP contribution in [0.4, 0.5) is 0 Å². The minimum absolute atomic E-state index is 0.0920. The lowest BCUT2D eigenvalue weighted by Gasteiger charge is -2.12. The summed E-state index contributed by atoms with van der Waals surface area (Å²) in [5.41, 5.74) is 0.644. The van der Waals surface area contributed by atoms with Crippen molar-refractivity contribution in [2.24, 2.45) is 0 Å². The Morgan fingerprint density at radius 3 is 2.95 bits per heavy atom. The van der Waals surface area contributed by atoms with Gasteiger partial charge in [0.2, 0.25) is 0 Å². The molecule has 0 aliphatic carbocycles. The zero-order valence-corrected chi connectivity index (χ0v) is 11.5. The summed E-state index contributed by atoms with van der Waals surface area (Å²) in [5, 5.41) is 11.3. The van der Waals surface area contributed by atoms with Gasteiger partial charge in [-0.25, -0.2) is 4.79 Å². The highest BCUT2D eigenvalue weighted by Crippen LogP contribution is 2.07. The molecule has 0 radical (unpaired) electrons. The summed E-state index contributed by atoms with van der Waals surface area (Å²) in [6.45, 7) is 4.68. The molecular formula is C14H18N2O4. The zero-order valence-electron chi connectivity index (χ0n) is 11.5. The first kappa shape index (κ1) is 15.8. The van der Waals surface area contributed by atoms with Crippen molar-refractivity contribution in [2.75, 3.05) is 13.2 Å². The minimum atomic E-state index is -1.08. The highest BCUT2D eigenvalue weighted by atomic mass is 16.5. The highest BCUT2D eigenvalue weighted by Gasteiger charge is 2.12. The standard InChI is InChI=1S/C14H18N2O4/c1-3-20-10(2)9-16-14(19)13-11(5-4-8-15-13)6-7-12(17)18/h4-8,10H,3,9H2,1-2H3,(H,16,19)(H,17,18)/b7-6+. The Kier molecular flexibility index (Phi) is 6.39. The average molecular weight is 278 g/mol. The first-order valence-electron chi connectivity index (χ1n) is 6.30. The molecule has 1 aromatic rings. The van der Waals surface area contributed by atoms with Gasteiger partial charge in [0.05, 0.1) is 6.10 Å². The third-order valence-electron chi connectivity index (χ3n) is 2.46. The van der Waals surface area contributed by atoms with Gasteiger partial charge < -0.3 is 15.2 Å². The molecule has 0 spiro atoms. The van der Waals surface area contributed by atoms with Crippen molar-refractivity contribution < 1.29 is 19.4 Å². The molecule has 1 rings (SSSR count). The van der Waals surface area contributed by atoms with Gasteiger partial charge in [-0.1, -0.05) is 6.07 Å². The molecule has 0 aliphatic rings. The third kappa shape index (κ3) is 5.19. The number of nitrogens with one attached hydrogen (secondary N) is 1. The van der Waals surface area contributed by atoms with Crippen LogP contribution in [0.2, 0.25) is 0 Å². The Bertz CT molecular complexity index is 500. The lowest BCUT2D eigenvalue weighted by molar-refractivity contribution is -0.131. The predicted octanol–water partition coefficient (Wildman–Crippen LogP) is 1.33. The number of hydrogen-bond acceptors (Lipinski definition) is 4. The van der Waals surface area contributed by atoms with Crippen LogP contribution < -0.4 is 5.32 Å². The third-order valence-corrected chi connectivity index (χ3v) is 2.46. The number of carboxylic acid groups (broad SMARTS) is 1. The van der Waals surface area contributed by atoms with E-state index in [4.69, 9.17) is 9.84 Å². The van der Waals surface area contributed by atoms with E-state index in [0.717, 1.165) is 6.08 Å². The molecule has 1 heterocycles. The number of amides is 1. The Balaban J connectivity index is 2.75. The van der Waals surface area contributed by atoms with Crippen LogP contribution in [0.1, 0.15) is 29.9 Å². The van der Waals surface area contributed by atoms with E-state index >= 15 is 0 Å². The van der Waals surface area contributed by atoms with Crippen LogP contribution in [0.5, 0.6) is 0 Å². The summed E-state index contributed by atoms with van der Waals surface area (Å²) in [6.07, 6.45) is 3.71. The van der Waals surface area contributed by atoms with Gasteiger partial charge in [0, 0.05) is 31.0 Å². The molecule has 0 saturated carbocycles. The average Bonchev–Trinajstić information content (AvgIpc) is 2.43. The van der Waals surface area contributed by atoms with Gasteiger partial charge in [-0.15, -0.1) is 0 Å². The van der Waals surface area contributed by atoms with Gasteiger partial charge in [0.15, 0.2) is 0 Å². The number of carbonyl (C=O) groups is 2. The van der Waals surface area contributed by atoms with E-state index in [-0.39, 0.29) is 17.7 Å². The van der Waals surface area contributed by atoms with E-state index in [2.05, 4.69) is 10.3 Å². The maximum atomic E-state index is 12.0. The van der Waals surface area contributed by atoms with Crippen LogP contribution >= 0.6 is 0 Å². The summed E-state index contributed by atoms with van der Waals surface area (Å²) >= 11 is 0. The van der Waals surface area contributed by atoms with E-state index < -0.39 is 5.97 Å². The summed E-state index contributed by atoms with van der Waals surface area (Å²) < 4.78 is 5.31. The Morgan fingerprint density at radius 1 is 1.55 bits per heavy atom. The number of aliphatic carboxylic acids is 1. The van der Waals surface area contributed by atoms with Gasteiger partial charge in [0.1, 0.15) is 5.69 Å². The summed E-state index contributed by atoms with van der Waals surface area (Å²) in [6, 6.07) is 3.27. The fourth-order valence-electron chi connectivity index (χ4n) is 1.57. The highest BCUT2D eigenvalue weighted by molar-refractivity contribution is 5.97. The number of rotatable bonds is 7. The van der Waals surface area contributed by atoms with Crippen molar-refractivity contribution in [2.45, 2.75) is 20.0 Å². The van der Waals surface area contributed by atoms with Gasteiger partial charge in [-0.05, 0) is 26.0 Å². The SMILES string of the molecule is CCOC(C)CNC(=O)c1ncccc1/C=C/C(=O)O. The molecule has 0 bridgehead atoms. The fraction of sp³-hybridized carbons (Fsp3) is 0.357. The topological polar surface area (TPSA) is 88.5 Å². The van der Waals surface area contributed by atoms with Crippen molar-refractivity contribution in [3.63, 3.8) is 0 Å². The maximum absolute atomic E-state index is 12.0. The van der Waals surface area contributed by atoms with Crippen LogP contribution in [0.3, 0.4) is 0 Å². The van der Waals surface area contributed by atoms with E-state index in [1.54, 1.807) is 12.1 Å². The molecular weight excluding hydrogens is 260 g/mol. The number of carbonyl (C=O) groups excluding carboxylic acids is 1. The van der Waals surface area contributed by atoms with Crippen LogP contribution in [0, 0.1) is 0 Å². The van der Waals surface area contributed by atoms with Crippen molar-refractivity contribution in [3.05, 3.63) is 35.7 Å². The monoisotopic (exact) mass is 278 g/mol. The molecule has 1 atom stereocenters. The number of pyridine rings is 1. The molecule has 0 aromatic carbocycles. The van der Waals surface area contributed by atoms with Gasteiger partial charge in [-0.2, -0.15) is 0 Å². The zero-order chi connectivity index (χ0) is 15.0. The second-order valence-corrected chi connectivity index (χ2v) is 4.09.